The summed E-state index contributed by atoms with van der Waals surface area (Å²) in [5, 5.41) is 18.5. The van der Waals surface area contributed by atoms with Crippen molar-refractivity contribution in [2.75, 3.05) is 20.6 Å². The minimum atomic E-state index is -0.946. The maximum atomic E-state index is 15.0. The average Bonchev–Trinajstić information content (AvgIpc) is 3.76. The molecule has 6 N–H and O–H groups in total. The Hall–Kier alpha value is -5.80. The number of ether oxygens (including phenoxy) is 1. The first-order valence-electron chi connectivity index (χ1n) is 25.3. The van der Waals surface area contributed by atoms with Crippen LogP contribution < -0.4 is 36.6 Å². The van der Waals surface area contributed by atoms with E-state index in [1.54, 1.807) is 37.7 Å². The number of likely N-dealkylation sites (tertiary alicyclic amines) is 1. The fourth-order valence-corrected chi connectivity index (χ4v) is 10.4. The van der Waals surface area contributed by atoms with Crippen LogP contribution in [0.15, 0.2) is 66.7 Å². The second-order valence-electron chi connectivity index (χ2n) is 22.0. The number of aryl methyl sites for hydroxylation is 2. The van der Waals surface area contributed by atoms with E-state index in [2.05, 4.69) is 56.2 Å². The summed E-state index contributed by atoms with van der Waals surface area (Å²) < 4.78 is 6.73. The largest absolute Gasteiger partial charge is 0.488 e. The van der Waals surface area contributed by atoms with Crippen molar-refractivity contribution < 1.29 is 33.5 Å². The third-order valence-electron chi connectivity index (χ3n) is 14.9. The zero-order chi connectivity index (χ0) is 50.7. The van der Waals surface area contributed by atoms with Crippen LogP contribution in [0.2, 0.25) is 0 Å². The summed E-state index contributed by atoms with van der Waals surface area (Å²) in [5.74, 6) is -1.45. The molecule has 0 radical (unpaired) electrons. The molecule has 7 rings (SSSR count). The Labute approximate surface area is 414 Å². The molecule has 3 aromatic carbocycles. The lowest BCUT2D eigenvalue weighted by molar-refractivity contribution is -0.147. The Morgan fingerprint density at radius 2 is 1.10 bits per heavy atom. The summed E-state index contributed by atoms with van der Waals surface area (Å²) in [6.45, 7) is 15.0. The highest BCUT2D eigenvalue weighted by molar-refractivity contribution is 5.95. The minimum Gasteiger partial charge on any atom is -0.488 e. The van der Waals surface area contributed by atoms with Crippen molar-refractivity contribution in [2.24, 2.45) is 10.8 Å². The summed E-state index contributed by atoms with van der Waals surface area (Å²) in [4.78, 5) is 88.8. The Morgan fingerprint density at radius 1 is 0.614 bits per heavy atom. The molecule has 378 valence electrons. The van der Waals surface area contributed by atoms with Gasteiger partial charge in [0.15, 0.2) is 0 Å². The number of benzene rings is 3. The van der Waals surface area contributed by atoms with Crippen LogP contribution >= 0.6 is 0 Å². The van der Waals surface area contributed by atoms with Gasteiger partial charge in [0.1, 0.15) is 36.0 Å². The predicted octanol–water partition coefficient (Wildman–Crippen LogP) is 4.95. The highest BCUT2D eigenvalue weighted by Gasteiger charge is 2.47. The number of carbonyl (C=O) groups is 6. The molecule has 2 aliphatic carbocycles. The molecule has 2 aliphatic heterocycles. The maximum absolute atomic E-state index is 15.0. The molecule has 6 amide bonds. The lowest BCUT2D eigenvalue weighted by Gasteiger charge is -2.42. The van der Waals surface area contributed by atoms with Gasteiger partial charge in [-0.3, -0.25) is 28.8 Å². The Bertz CT molecular complexity index is 2430. The first kappa shape index (κ1) is 52.0. The number of hydrogen-bond donors (Lipinski definition) is 6. The highest BCUT2D eigenvalue weighted by atomic mass is 16.5. The van der Waals surface area contributed by atoms with Gasteiger partial charge in [-0.1, -0.05) is 96.1 Å². The van der Waals surface area contributed by atoms with Gasteiger partial charge >= 0.3 is 0 Å². The molecule has 1 saturated heterocycles. The van der Waals surface area contributed by atoms with E-state index >= 15 is 4.79 Å². The molecule has 15 heteroatoms. The molecule has 3 aromatic rings. The van der Waals surface area contributed by atoms with Crippen LogP contribution in [0, 0.1) is 10.8 Å². The number of carbonyl (C=O) groups excluding carboxylic acids is 6. The van der Waals surface area contributed by atoms with Crippen LogP contribution in [-0.4, -0.2) is 108 Å². The van der Waals surface area contributed by atoms with Crippen molar-refractivity contribution >= 4 is 35.4 Å². The lowest BCUT2D eigenvalue weighted by Crippen LogP contribution is -2.62. The quantitative estimate of drug-likeness (QED) is 0.130. The molecule has 70 heavy (non-hydrogen) atoms. The Balaban J connectivity index is 1.17. The van der Waals surface area contributed by atoms with Crippen LogP contribution in [0.1, 0.15) is 133 Å². The summed E-state index contributed by atoms with van der Waals surface area (Å²) in [5.41, 5.74) is 4.84. The number of nitrogens with zero attached hydrogens (tertiary/aromatic N) is 2. The van der Waals surface area contributed by atoms with Crippen LogP contribution in [-0.2, 0) is 54.6 Å². The standard InChI is InChI=1S/C55H76N8O7/c1-32(56-9)48(64)60-46(54(3,4)5)52(68)62-30-37-27-38(26-25-36(37)28-44(62)50(66)58-42-23-15-19-34-17-11-13-21-40(34)42)70-39-29-45(51(67)59-43-24-16-20-35-18-12-14-22-41(35)43)63(31-39)53(69)47(55(6,7)8)61-49(65)33(2)57-10/h11-14,17-18,21-22,25-27,32-33,39,42-47,56-57H,15-16,19-20,23-24,28-31H2,1-10H3,(H,58,66)(H,59,67)(H,60,64)(H,61,65)/t32-,33-,39?,42?,43?,44?,45?,46?,47?/m0/s1. The smallest absolute Gasteiger partial charge is 0.246 e. The van der Waals surface area contributed by atoms with Crippen LogP contribution in [0.5, 0.6) is 5.75 Å². The zero-order valence-electron chi connectivity index (χ0n) is 42.9. The molecule has 4 aliphatic rings. The highest BCUT2D eigenvalue weighted by Crippen LogP contribution is 2.36. The number of hydrogen-bond acceptors (Lipinski definition) is 9. The number of nitrogens with one attached hydrogen (secondary N) is 6. The Morgan fingerprint density at radius 3 is 1.60 bits per heavy atom. The van der Waals surface area contributed by atoms with E-state index in [1.165, 1.54) is 11.1 Å². The SMILES string of the molecule is CN[C@@H](C)C(=O)NC(C(=O)N1Cc2cc(OC3CC(C(=O)NC4CCCc5ccccc54)N(C(=O)C(NC(=O)[C@H](C)NC)C(C)(C)C)C3)ccc2CC1C(=O)NC1CCCc2ccccc21)C(C)(C)C. The van der Waals surface area contributed by atoms with Crippen LogP contribution in [0.25, 0.3) is 0 Å². The van der Waals surface area contributed by atoms with E-state index in [1.807, 2.05) is 84.0 Å². The molecular weight excluding hydrogens is 885 g/mol. The van der Waals surface area contributed by atoms with Gasteiger partial charge in [0.25, 0.3) is 0 Å². The minimum absolute atomic E-state index is 0.0793. The van der Waals surface area contributed by atoms with Gasteiger partial charge < -0.3 is 46.4 Å². The third kappa shape index (κ3) is 11.7. The number of likely N-dealkylation sites (N-methyl/N-ethyl adjacent to an activating group) is 2. The fraction of sp³-hybridized carbons (Fsp3) is 0.564. The Kier molecular flexibility index (Phi) is 16.1. The summed E-state index contributed by atoms with van der Waals surface area (Å²) in [6, 6.07) is 16.8. The molecule has 0 saturated carbocycles. The second-order valence-corrected chi connectivity index (χ2v) is 22.0. The number of fused-ring (bicyclic) bond motifs is 3. The van der Waals surface area contributed by atoms with Crippen molar-refractivity contribution in [3.63, 3.8) is 0 Å². The molecule has 0 bridgehead atoms. The summed E-state index contributed by atoms with van der Waals surface area (Å²) in [7, 11) is 3.37. The molecule has 7 unspecified atom stereocenters. The van der Waals surface area contributed by atoms with Crippen molar-refractivity contribution in [1.82, 2.24) is 41.7 Å². The van der Waals surface area contributed by atoms with Gasteiger partial charge in [0.2, 0.25) is 35.4 Å². The van der Waals surface area contributed by atoms with E-state index in [0.29, 0.717) is 5.75 Å². The normalized spacial score (nSPS) is 22.7. The molecule has 0 aromatic heterocycles. The van der Waals surface area contributed by atoms with Gasteiger partial charge in [0.05, 0.1) is 30.7 Å². The number of amides is 6. The van der Waals surface area contributed by atoms with Crippen molar-refractivity contribution in [3.05, 3.63) is 100 Å². The van der Waals surface area contributed by atoms with E-state index in [9.17, 15) is 24.0 Å². The molecule has 1 fully saturated rings. The van der Waals surface area contributed by atoms with Gasteiger partial charge in [-0.2, -0.15) is 0 Å². The monoisotopic (exact) mass is 961 g/mol. The molecular formula is C55H76N8O7. The molecule has 15 nitrogen and oxygen atoms in total. The van der Waals surface area contributed by atoms with E-state index in [4.69, 9.17) is 4.74 Å². The average molecular weight is 961 g/mol. The van der Waals surface area contributed by atoms with Crippen LogP contribution in [0.4, 0.5) is 0 Å². The molecule has 0 spiro atoms. The van der Waals surface area contributed by atoms with Crippen molar-refractivity contribution in [2.45, 2.75) is 168 Å². The van der Waals surface area contributed by atoms with E-state index in [0.717, 1.165) is 60.8 Å². The third-order valence-corrected chi connectivity index (χ3v) is 14.9. The topological polar surface area (TPSA) is 190 Å². The van der Waals surface area contributed by atoms with Gasteiger partial charge in [-0.15, -0.1) is 0 Å². The number of rotatable bonds is 14. The van der Waals surface area contributed by atoms with E-state index in [-0.39, 0.29) is 73.5 Å². The first-order valence-corrected chi connectivity index (χ1v) is 25.3. The molecule has 2 heterocycles. The zero-order valence-corrected chi connectivity index (χ0v) is 42.9. The fourth-order valence-electron chi connectivity index (χ4n) is 10.4. The lowest BCUT2D eigenvalue weighted by atomic mass is 9.83. The van der Waals surface area contributed by atoms with Gasteiger partial charge in [-0.05, 0) is 123 Å². The van der Waals surface area contributed by atoms with Crippen LogP contribution in [0.3, 0.4) is 0 Å². The first-order chi connectivity index (χ1) is 33.2. The summed E-state index contributed by atoms with van der Waals surface area (Å²) in [6.07, 6.45) is 5.13. The van der Waals surface area contributed by atoms with Crippen molar-refractivity contribution in [3.8, 4) is 5.75 Å². The predicted molar refractivity (Wildman–Crippen MR) is 269 cm³/mol. The van der Waals surface area contributed by atoms with Gasteiger partial charge in [0, 0.05) is 19.4 Å². The molecule has 9 atom stereocenters. The summed E-state index contributed by atoms with van der Waals surface area (Å²) >= 11 is 0. The maximum Gasteiger partial charge on any atom is 0.246 e. The van der Waals surface area contributed by atoms with Gasteiger partial charge in [-0.25, -0.2) is 0 Å². The second kappa shape index (κ2) is 21.7. The van der Waals surface area contributed by atoms with E-state index < -0.39 is 53.2 Å². The van der Waals surface area contributed by atoms with Crippen molar-refractivity contribution in [1.29, 1.82) is 0 Å².